The predicted molar refractivity (Wildman–Crippen MR) is 72.9 cm³/mol. The van der Waals surface area contributed by atoms with Gasteiger partial charge in [0.15, 0.2) is 0 Å². The van der Waals surface area contributed by atoms with Crippen molar-refractivity contribution in [3.63, 3.8) is 0 Å². The Bertz CT molecular complexity index is 643. The first kappa shape index (κ1) is 13.7. The van der Waals surface area contributed by atoms with E-state index in [1.807, 2.05) is 0 Å². The quantitative estimate of drug-likeness (QED) is 0.895. The first-order valence-electron chi connectivity index (χ1n) is 5.50. The minimum absolute atomic E-state index is 0.0555. The number of carbonyl (C=O) groups excluding carboxylic acids is 1. The van der Waals surface area contributed by atoms with E-state index in [0.29, 0.717) is 4.47 Å². The van der Waals surface area contributed by atoms with Gasteiger partial charge in [-0.2, -0.15) is 0 Å². The maximum atomic E-state index is 13.8. The van der Waals surface area contributed by atoms with Crippen LogP contribution in [0.3, 0.4) is 0 Å². The highest BCUT2D eigenvalue weighted by atomic mass is 79.9. The number of hydrogen-bond acceptors (Lipinski definition) is 1. The van der Waals surface area contributed by atoms with Crippen molar-refractivity contribution in [2.24, 2.45) is 0 Å². The van der Waals surface area contributed by atoms with E-state index >= 15 is 0 Å². The lowest BCUT2D eigenvalue weighted by Gasteiger charge is -2.08. The number of nitrogens with one attached hydrogen (secondary N) is 1. The standard InChI is InChI=1S/C14H10BrF2NO/c1-18-14(19)8-2-4-12(16)10(6-8)11-7-9(15)3-5-13(11)17/h2-7H,1H3,(H,18,19). The first-order valence-corrected chi connectivity index (χ1v) is 6.29. The average Bonchev–Trinajstić information content (AvgIpc) is 2.41. The van der Waals surface area contributed by atoms with Crippen molar-refractivity contribution >= 4 is 21.8 Å². The molecule has 2 aromatic rings. The van der Waals surface area contributed by atoms with Crippen molar-refractivity contribution in [2.45, 2.75) is 0 Å². The maximum Gasteiger partial charge on any atom is 0.251 e. The van der Waals surface area contributed by atoms with Gasteiger partial charge in [-0.3, -0.25) is 4.79 Å². The summed E-state index contributed by atoms with van der Waals surface area (Å²) in [4.78, 5) is 11.5. The van der Waals surface area contributed by atoms with Gasteiger partial charge in [0.05, 0.1) is 0 Å². The van der Waals surface area contributed by atoms with E-state index in [4.69, 9.17) is 0 Å². The molecule has 0 fully saturated rings. The fraction of sp³-hybridized carbons (Fsp3) is 0.0714. The lowest BCUT2D eigenvalue weighted by Crippen LogP contribution is -2.17. The van der Waals surface area contributed by atoms with Crippen LogP contribution in [-0.2, 0) is 0 Å². The molecule has 2 nitrogen and oxygen atoms in total. The van der Waals surface area contributed by atoms with Gasteiger partial charge in [-0.1, -0.05) is 15.9 Å². The topological polar surface area (TPSA) is 29.1 Å². The highest BCUT2D eigenvalue weighted by Crippen LogP contribution is 2.29. The number of amides is 1. The van der Waals surface area contributed by atoms with Gasteiger partial charge in [-0.15, -0.1) is 0 Å². The second kappa shape index (κ2) is 5.48. The van der Waals surface area contributed by atoms with E-state index in [2.05, 4.69) is 21.2 Å². The molecule has 0 radical (unpaired) electrons. The zero-order chi connectivity index (χ0) is 14.0. The lowest BCUT2D eigenvalue weighted by atomic mass is 10.0. The van der Waals surface area contributed by atoms with Gasteiger partial charge in [-0.05, 0) is 36.4 Å². The van der Waals surface area contributed by atoms with Gasteiger partial charge < -0.3 is 5.32 Å². The van der Waals surface area contributed by atoms with E-state index < -0.39 is 11.6 Å². The molecular weight excluding hydrogens is 316 g/mol. The van der Waals surface area contributed by atoms with E-state index in [9.17, 15) is 13.6 Å². The van der Waals surface area contributed by atoms with Crippen molar-refractivity contribution in [1.29, 1.82) is 0 Å². The smallest absolute Gasteiger partial charge is 0.251 e. The minimum atomic E-state index is -0.579. The van der Waals surface area contributed by atoms with Crippen molar-refractivity contribution in [3.05, 3.63) is 58.1 Å². The van der Waals surface area contributed by atoms with Crippen LogP contribution in [0.25, 0.3) is 11.1 Å². The number of hydrogen-bond donors (Lipinski definition) is 1. The molecule has 0 unspecified atom stereocenters. The Morgan fingerprint density at radius 2 is 1.63 bits per heavy atom. The van der Waals surface area contributed by atoms with E-state index in [0.717, 1.165) is 6.07 Å². The fourth-order valence-electron chi connectivity index (χ4n) is 1.72. The Kier molecular flexibility index (Phi) is 3.95. The molecule has 0 aliphatic carbocycles. The molecule has 1 amide bonds. The monoisotopic (exact) mass is 325 g/mol. The Morgan fingerprint density at radius 1 is 1.05 bits per heavy atom. The summed E-state index contributed by atoms with van der Waals surface area (Å²) in [6.45, 7) is 0. The van der Waals surface area contributed by atoms with Crippen LogP contribution in [-0.4, -0.2) is 13.0 Å². The van der Waals surface area contributed by atoms with Gasteiger partial charge in [-0.25, -0.2) is 8.78 Å². The second-order valence-electron chi connectivity index (χ2n) is 3.90. The molecule has 5 heteroatoms. The Labute approximate surface area is 117 Å². The van der Waals surface area contributed by atoms with Crippen LogP contribution < -0.4 is 5.32 Å². The fourth-order valence-corrected chi connectivity index (χ4v) is 2.08. The van der Waals surface area contributed by atoms with E-state index in [1.165, 1.54) is 37.4 Å². The maximum absolute atomic E-state index is 13.8. The summed E-state index contributed by atoms with van der Waals surface area (Å²) in [5.41, 5.74) is 0.441. The molecule has 0 saturated carbocycles. The molecule has 1 N–H and O–H groups in total. The molecule has 98 valence electrons. The number of rotatable bonds is 2. The molecule has 0 spiro atoms. The van der Waals surface area contributed by atoms with E-state index in [-0.39, 0.29) is 22.6 Å². The van der Waals surface area contributed by atoms with E-state index in [1.54, 1.807) is 0 Å². The van der Waals surface area contributed by atoms with Crippen molar-refractivity contribution < 1.29 is 13.6 Å². The highest BCUT2D eigenvalue weighted by Gasteiger charge is 2.13. The van der Waals surface area contributed by atoms with Gasteiger partial charge in [0, 0.05) is 28.2 Å². The molecule has 0 heterocycles. The molecule has 2 aromatic carbocycles. The zero-order valence-corrected chi connectivity index (χ0v) is 11.6. The summed E-state index contributed by atoms with van der Waals surface area (Å²) in [6, 6.07) is 8.08. The third-order valence-electron chi connectivity index (χ3n) is 2.67. The van der Waals surface area contributed by atoms with Gasteiger partial charge in [0.25, 0.3) is 5.91 Å². The number of benzene rings is 2. The molecule has 0 aliphatic rings. The lowest BCUT2D eigenvalue weighted by molar-refractivity contribution is 0.0963. The van der Waals surface area contributed by atoms with Crippen molar-refractivity contribution in [2.75, 3.05) is 7.05 Å². The normalized spacial score (nSPS) is 10.3. The molecule has 0 saturated heterocycles. The Balaban J connectivity index is 2.61. The van der Waals surface area contributed by atoms with Crippen LogP contribution in [0.4, 0.5) is 8.78 Å². The number of carbonyl (C=O) groups is 1. The average molecular weight is 326 g/mol. The van der Waals surface area contributed by atoms with Crippen LogP contribution in [0.1, 0.15) is 10.4 Å². The zero-order valence-electron chi connectivity index (χ0n) is 10.0. The first-order chi connectivity index (χ1) is 9.02. The van der Waals surface area contributed by atoms with Crippen LogP contribution >= 0.6 is 15.9 Å². The summed E-state index contributed by atoms with van der Waals surface area (Å²) in [6.07, 6.45) is 0. The van der Waals surface area contributed by atoms with Crippen molar-refractivity contribution in [1.82, 2.24) is 5.32 Å². The molecule has 0 bridgehead atoms. The third kappa shape index (κ3) is 2.81. The van der Waals surface area contributed by atoms with Crippen LogP contribution in [0, 0.1) is 11.6 Å². The van der Waals surface area contributed by atoms with Gasteiger partial charge >= 0.3 is 0 Å². The third-order valence-corrected chi connectivity index (χ3v) is 3.17. The molecule has 0 aromatic heterocycles. The molecule has 0 aliphatic heterocycles. The summed E-state index contributed by atoms with van der Waals surface area (Å²) in [5, 5.41) is 2.44. The molecular formula is C14H10BrF2NO. The van der Waals surface area contributed by atoms with Crippen LogP contribution in [0.2, 0.25) is 0 Å². The molecule has 2 rings (SSSR count). The Hall–Kier alpha value is -1.75. The summed E-state index contributed by atoms with van der Waals surface area (Å²) < 4.78 is 28.2. The van der Waals surface area contributed by atoms with Crippen LogP contribution in [0.5, 0.6) is 0 Å². The second-order valence-corrected chi connectivity index (χ2v) is 4.81. The molecule has 19 heavy (non-hydrogen) atoms. The van der Waals surface area contributed by atoms with Gasteiger partial charge in [0.2, 0.25) is 0 Å². The summed E-state index contributed by atoms with van der Waals surface area (Å²) in [5.74, 6) is -1.47. The summed E-state index contributed by atoms with van der Waals surface area (Å²) in [7, 11) is 1.48. The Morgan fingerprint density at radius 3 is 2.26 bits per heavy atom. The molecule has 0 atom stereocenters. The number of halogens is 3. The highest BCUT2D eigenvalue weighted by molar-refractivity contribution is 9.10. The van der Waals surface area contributed by atoms with Crippen molar-refractivity contribution in [3.8, 4) is 11.1 Å². The van der Waals surface area contributed by atoms with Crippen LogP contribution in [0.15, 0.2) is 40.9 Å². The van der Waals surface area contributed by atoms with Gasteiger partial charge in [0.1, 0.15) is 11.6 Å². The minimum Gasteiger partial charge on any atom is -0.355 e. The SMILES string of the molecule is CNC(=O)c1ccc(F)c(-c2cc(Br)ccc2F)c1. The predicted octanol–water partition coefficient (Wildman–Crippen LogP) is 3.75. The largest absolute Gasteiger partial charge is 0.355 e. The summed E-state index contributed by atoms with van der Waals surface area (Å²) >= 11 is 3.21.